The molecule has 0 aliphatic heterocycles. The van der Waals surface area contributed by atoms with Gasteiger partial charge in [0, 0.05) is 5.33 Å². The molecule has 0 unspecified atom stereocenters. The van der Waals surface area contributed by atoms with Crippen molar-refractivity contribution in [2.45, 2.75) is 12.3 Å². The molecule has 0 aliphatic carbocycles. The second kappa shape index (κ2) is 6.87. The second-order valence-electron chi connectivity index (χ2n) is 3.27. The average molecular weight is 294 g/mol. The number of alkyl halides is 1. The van der Waals surface area contributed by atoms with E-state index in [9.17, 15) is 4.79 Å². The molecule has 4 heteroatoms. The summed E-state index contributed by atoms with van der Waals surface area (Å²) in [5, 5.41) is 9.64. The normalized spacial score (nSPS) is 10.8. The van der Waals surface area contributed by atoms with E-state index in [1.54, 1.807) is 6.92 Å². The number of ether oxygens (including phenoxy) is 1. The van der Waals surface area contributed by atoms with Crippen molar-refractivity contribution in [2.24, 2.45) is 0 Å². The molecule has 0 spiro atoms. The zero-order chi connectivity index (χ0) is 12.7. The number of halogens is 1. The molecule has 0 radical (unpaired) electrons. The molecule has 0 aliphatic rings. The number of carbonyl (C=O) groups is 1. The summed E-state index contributed by atoms with van der Waals surface area (Å²) in [6, 6.07) is 9.41. The number of esters is 1. The Morgan fingerprint density at radius 3 is 2.59 bits per heavy atom. The molecule has 1 aromatic rings. The molecule has 0 amide bonds. The van der Waals surface area contributed by atoms with Crippen molar-refractivity contribution >= 4 is 28.0 Å². The largest absolute Gasteiger partial charge is 0.462 e. The third-order valence-electron chi connectivity index (χ3n) is 2.06. The minimum Gasteiger partial charge on any atom is -0.462 e. The Morgan fingerprint density at radius 2 is 2.12 bits per heavy atom. The number of rotatable bonds is 4. The lowest BCUT2D eigenvalue weighted by Crippen LogP contribution is -2.05. The van der Waals surface area contributed by atoms with Crippen LogP contribution < -0.4 is 0 Å². The summed E-state index contributed by atoms with van der Waals surface area (Å²) in [4.78, 5) is 11.4. The van der Waals surface area contributed by atoms with Gasteiger partial charge in [0.15, 0.2) is 0 Å². The average Bonchev–Trinajstić information content (AvgIpc) is 2.37. The first-order chi connectivity index (χ1) is 8.21. The van der Waals surface area contributed by atoms with Gasteiger partial charge in [0.05, 0.1) is 6.61 Å². The van der Waals surface area contributed by atoms with E-state index in [0.29, 0.717) is 0 Å². The van der Waals surface area contributed by atoms with Gasteiger partial charge in [0.25, 0.3) is 0 Å². The highest BCUT2D eigenvalue weighted by Gasteiger charge is 2.09. The zero-order valence-corrected chi connectivity index (χ0v) is 11.0. The quantitative estimate of drug-likeness (QED) is 0.371. The van der Waals surface area contributed by atoms with Crippen molar-refractivity contribution in [3.8, 4) is 6.07 Å². The molecule has 1 aromatic carbocycles. The summed E-state index contributed by atoms with van der Waals surface area (Å²) in [5.74, 6) is -0.584. The molecule has 3 nitrogen and oxygen atoms in total. The Bertz CT molecular complexity index is 457. The maximum Gasteiger partial charge on any atom is 0.348 e. The third kappa shape index (κ3) is 4.04. The minimum absolute atomic E-state index is 0.0124. The van der Waals surface area contributed by atoms with E-state index >= 15 is 0 Å². The van der Waals surface area contributed by atoms with Crippen LogP contribution in [0.5, 0.6) is 0 Å². The van der Waals surface area contributed by atoms with Crippen LogP contribution in [0.3, 0.4) is 0 Å². The van der Waals surface area contributed by atoms with Crippen LogP contribution in [-0.4, -0.2) is 12.6 Å². The number of carbonyl (C=O) groups excluding carboxylic acids is 1. The van der Waals surface area contributed by atoms with Gasteiger partial charge in [-0.05, 0) is 24.1 Å². The van der Waals surface area contributed by atoms with Gasteiger partial charge in [-0.2, -0.15) is 5.26 Å². The Hall–Kier alpha value is -1.60. The van der Waals surface area contributed by atoms with Gasteiger partial charge < -0.3 is 4.74 Å². The van der Waals surface area contributed by atoms with E-state index in [4.69, 9.17) is 10.00 Å². The van der Waals surface area contributed by atoms with E-state index in [2.05, 4.69) is 15.9 Å². The molecule has 0 bridgehead atoms. The number of nitriles is 1. The van der Waals surface area contributed by atoms with Gasteiger partial charge in [0.2, 0.25) is 0 Å². The predicted octanol–water partition coefficient (Wildman–Crippen LogP) is 3.05. The topological polar surface area (TPSA) is 50.1 Å². The first kappa shape index (κ1) is 13.5. The summed E-state index contributed by atoms with van der Waals surface area (Å²) < 4.78 is 4.77. The molecule has 0 fully saturated rings. The van der Waals surface area contributed by atoms with E-state index in [0.717, 1.165) is 16.5 Å². The SMILES string of the molecule is CCOC(=O)C(C#N)=Cc1ccc(CBr)cc1. The lowest BCUT2D eigenvalue weighted by Gasteiger charge is -2.00. The molecule has 17 heavy (non-hydrogen) atoms. The van der Waals surface area contributed by atoms with Crippen LogP contribution in [0.1, 0.15) is 18.1 Å². The fourth-order valence-electron chi connectivity index (χ4n) is 1.22. The first-order valence-corrected chi connectivity index (χ1v) is 6.27. The van der Waals surface area contributed by atoms with Crippen LogP contribution in [0.4, 0.5) is 0 Å². The predicted molar refractivity (Wildman–Crippen MR) is 69.3 cm³/mol. The molecule has 0 saturated carbocycles. The molecule has 88 valence electrons. The van der Waals surface area contributed by atoms with Crippen LogP contribution in [0.25, 0.3) is 6.08 Å². The Balaban J connectivity index is 2.91. The van der Waals surface area contributed by atoms with Crippen LogP contribution in [0, 0.1) is 11.3 Å². The van der Waals surface area contributed by atoms with Crippen molar-refractivity contribution in [1.29, 1.82) is 5.26 Å². The van der Waals surface area contributed by atoms with Crippen LogP contribution in [0.15, 0.2) is 29.8 Å². The van der Waals surface area contributed by atoms with Crippen LogP contribution >= 0.6 is 15.9 Å². The molecule has 0 N–H and O–H groups in total. The number of benzene rings is 1. The molecule has 0 aromatic heterocycles. The molecule has 0 atom stereocenters. The highest BCUT2D eigenvalue weighted by atomic mass is 79.9. The van der Waals surface area contributed by atoms with Gasteiger partial charge in [-0.25, -0.2) is 4.79 Å². The van der Waals surface area contributed by atoms with Gasteiger partial charge in [-0.3, -0.25) is 0 Å². The summed E-state index contributed by atoms with van der Waals surface area (Å²) in [7, 11) is 0. The molecule has 0 heterocycles. The molecular formula is C13H12BrNO2. The van der Waals surface area contributed by atoms with Crippen molar-refractivity contribution in [3.63, 3.8) is 0 Å². The summed E-state index contributed by atoms with van der Waals surface area (Å²) >= 11 is 3.35. The lowest BCUT2D eigenvalue weighted by molar-refractivity contribution is -0.137. The summed E-state index contributed by atoms with van der Waals surface area (Å²) in [6.07, 6.45) is 1.52. The van der Waals surface area contributed by atoms with Crippen LogP contribution in [-0.2, 0) is 14.9 Å². The van der Waals surface area contributed by atoms with E-state index in [1.165, 1.54) is 6.08 Å². The van der Waals surface area contributed by atoms with Gasteiger partial charge in [-0.15, -0.1) is 0 Å². The van der Waals surface area contributed by atoms with Gasteiger partial charge in [-0.1, -0.05) is 40.2 Å². The standard InChI is InChI=1S/C13H12BrNO2/c1-2-17-13(16)12(9-15)7-10-3-5-11(8-14)6-4-10/h3-7H,2,8H2,1H3. The Morgan fingerprint density at radius 1 is 1.47 bits per heavy atom. The number of nitrogens with zero attached hydrogens (tertiary/aromatic N) is 1. The molecule has 1 rings (SSSR count). The fraction of sp³-hybridized carbons (Fsp3) is 0.231. The van der Waals surface area contributed by atoms with Gasteiger partial charge >= 0.3 is 5.97 Å². The maximum atomic E-state index is 11.4. The Kier molecular flexibility index (Phi) is 5.44. The zero-order valence-electron chi connectivity index (χ0n) is 9.44. The minimum atomic E-state index is -0.584. The second-order valence-corrected chi connectivity index (χ2v) is 3.83. The number of hydrogen-bond donors (Lipinski definition) is 0. The molecular weight excluding hydrogens is 282 g/mol. The van der Waals surface area contributed by atoms with Crippen molar-refractivity contribution in [2.75, 3.05) is 6.61 Å². The van der Waals surface area contributed by atoms with Crippen molar-refractivity contribution in [1.82, 2.24) is 0 Å². The smallest absolute Gasteiger partial charge is 0.348 e. The third-order valence-corrected chi connectivity index (χ3v) is 2.71. The van der Waals surface area contributed by atoms with Gasteiger partial charge in [0.1, 0.15) is 11.6 Å². The fourth-order valence-corrected chi connectivity index (χ4v) is 1.59. The van der Waals surface area contributed by atoms with Crippen molar-refractivity contribution in [3.05, 3.63) is 41.0 Å². The lowest BCUT2D eigenvalue weighted by atomic mass is 10.1. The number of hydrogen-bond acceptors (Lipinski definition) is 3. The van der Waals surface area contributed by atoms with E-state index < -0.39 is 5.97 Å². The summed E-state index contributed by atoms with van der Waals surface area (Å²) in [5.41, 5.74) is 1.95. The van der Waals surface area contributed by atoms with Crippen molar-refractivity contribution < 1.29 is 9.53 Å². The highest BCUT2D eigenvalue weighted by molar-refractivity contribution is 9.08. The highest BCUT2D eigenvalue weighted by Crippen LogP contribution is 2.11. The van der Waals surface area contributed by atoms with E-state index in [1.807, 2.05) is 30.3 Å². The summed E-state index contributed by atoms with van der Waals surface area (Å²) in [6.45, 7) is 1.97. The monoisotopic (exact) mass is 293 g/mol. The van der Waals surface area contributed by atoms with E-state index in [-0.39, 0.29) is 12.2 Å². The molecule has 0 saturated heterocycles. The maximum absolute atomic E-state index is 11.4. The Labute approximate surface area is 109 Å². The first-order valence-electron chi connectivity index (χ1n) is 5.15. The van der Waals surface area contributed by atoms with Crippen LogP contribution in [0.2, 0.25) is 0 Å².